The van der Waals surface area contributed by atoms with Gasteiger partial charge in [0.05, 0.1) is 7.11 Å². The Morgan fingerprint density at radius 3 is 2.29 bits per heavy atom. The lowest BCUT2D eigenvalue weighted by Crippen LogP contribution is -2.30. The van der Waals surface area contributed by atoms with Gasteiger partial charge in [-0.25, -0.2) is 13.6 Å². The van der Waals surface area contributed by atoms with E-state index in [2.05, 4.69) is 10.1 Å². The van der Waals surface area contributed by atoms with Crippen LogP contribution in [0.2, 0.25) is 0 Å². The zero-order valence-electron chi connectivity index (χ0n) is 18.0. The Bertz CT molecular complexity index is 1290. The number of methoxy groups -OCH3 is 1. The Morgan fingerprint density at radius 1 is 0.914 bits per heavy atom. The van der Waals surface area contributed by atoms with Gasteiger partial charge in [0.25, 0.3) is 5.91 Å². The van der Waals surface area contributed by atoms with Crippen LogP contribution >= 0.6 is 0 Å². The van der Waals surface area contributed by atoms with Gasteiger partial charge >= 0.3 is 18.1 Å². The zero-order valence-corrected chi connectivity index (χ0v) is 18.0. The number of amides is 2. The molecule has 35 heavy (non-hydrogen) atoms. The molecule has 0 aromatic heterocycles. The van der Waals surface area contributed by atoms with Crippen molar-refractivity contribution in [1.29, 1.82) is 0 Å². The van der Waals surface area contributed by atoms with Crippen LogP contribution in [0.25, 0.3) is 11.1 Å². The van der Waals surface area contributed by atoms with Gasteiger partial charge in [0.1, 0.15) is 17.2 Å². The second-order valence-corrected chi connectivity index (χ2v) is 7.18. The van der Waals surface area contributed by atoms with Crippen molar-refractivity contribution in [2.24, 2.45) is 0 Å². The van der Waals surface area contributed by atoms with E-state index in [-0.39, 0.29) is 40.0 Å². The second kappa shape index (κ2) is 10.3. The maximum atomic E-state index is 14.7. The lowest BCUT2D eigenvalue weighted by atomic mass is 9.98. The van der Waals surface area contributed by atoms with Crippen LogP contribution in [0.15, 0.2) is 60.7 Å². The summed E-state index contributed by atoms with van der Waals surface area (Å²) in [5, 5.41) is 4.06. The molecule has 0 unspecified atom stereocenters. The molecule has 0 spiro atoms. The van der Waals surface area contributed by atoms with Gasteiger partial charge < -0.3 is 15.4 Å². The largest absolute Gasteiger partial charge is 0.471 e. The van der Waals surface area contributed by atoms with E-state index >= 15 is 0 Å². The molecule has 6 nitrogen and oxygen atoms in total. The molecule has 3 aromatic carbocycles. The van der Waals surface area contributed by atoms with Crippen LogP contribution in [-0.4, -0.2) is 31.1 Å². The number of esters is 1. The van der Waals surface area contributed by atoms with Gasteiger partial charge in [-0.15, -0.1) is 0 Å². The van der Waals surface area contributed by atoms with E-state index in [4.69, 9.17) is 0 Å². The van der Waals surface area contributed by atoms with Gasteiger partial charge in [-0.3, -0.25) is 9.59 Å². The van der Waals surface area contributed by atoms with Crippen molar-refractivity contribution in [3.8, 4) is 11.1 Å². The third kappa shape index (κ3) is 5.99. The van der Waals surface area contributed by atoms with Crippen LogP contribution in [0.5, 0.6) is 0 Å². The van der Waals surface area contributed by atoms with E-state index in [9.17, 15) is 36.3 Å². The highest BCUT2D eigenvalue weighted by Gasteiger charge is 2.38. The maximum Gasteiger partial charge on any atom is 0.471 e. The quantitative estimate of drug-likeness (QED) is 0.381. The Balaban J connectivity index is 1.74. The number of ether oxygens (including phenoxy) is 1. The molecule has 0 saturated heterocycles. The van der Waals surface area contributed by atoms with Gasteiger partial charge in [0.2, 0.25) is 0 Å². The molecule has 2 N–H and O–H groups in total. The minimum atomic E-state index is -5.09. The lowest BCUT2D eigenvalue weighted by molar-refractivity contribution is -0.167. The van der Waals surface area contributed by atoms with Gasteiger partial charge in [0.15, 0.2) is 0 Å². The molecule has 3 rings (SSSR count). The summed E-state index contributed by atoms with van der Waals surface area (Å²) < 4.78 is 70.7. The number of carbonyl (C=O) groups excluding carboxylic acids is 3. The van der Waals surface area contributed by atoms with Crippen LogP contribution in [0.4, 0.5) is 27.6 Å². The Hall–Kier alpha value is -4.28. The van der Waals surface area contributed by atoms with Gasteiger partial charge in [-0.1, -0.05) is 30.3 Å². The molecule has 0 saturated carbocycles. The first-order valence-corrected chi connectivity index (χ1v) is 9.93. The van der Waals surface area contributed by atoms with E-state index in [1.54, 1.807) is 5.32 Å². The summed E-state index contributed by atoms with van der Waals surface area (Å²) in [5.41, 5.74) is -0.293. The Labute approximate surface area is 195 Å². The number of halogens is 5. The van der Waals surface area contributed by atoms with Crippen LogP contribution in [0.3, 0.4) is 0 Å². The van der Waals surface area contributed by atoms with E-state index in [1.165, 1.54) is 42.5 Å². The predicted octanol–water partition coefficient (Wildman–Crippen LogP) is 4.85. The second-order valence-electron chi connectivity index (χ2n) is 7.18. The minimum absolute atomic E-state index is 0.0552. The van der Waals surface area contributed by atoms with Crippen LogP contribution in [-0.2, 0) is 16.1 Å². The summed E-state index contributed by atoms with van der Waals surface area (Å²) in [6.07, 6.45) is -5.09. The summed E-state index contributed by atoms with van der Waals surface area (Å²) in [5.74, 6) is -5.43. The molecule has 0 atom stereocenters. The maximum absolute atomic E-state index is 14.7. The van der Waals surface area contributed by atoms with Crippen LogP contribution in [0, 0.1) is 11.6 Å². The fraction of sp³-hybridized carbons (Fsp3) is 0.125. The summed E-state index contributed by atoms with van der Waals surface area (Å²) in [6, 6.07) is 12.5. The average Bonchev–Trinajstić information content (AvgIpc) is 2.82. The molecule has 0 aliphatic rings. The first kappa shape index (κ1) is 25.3. The van der Waals surface area contributed by atoms with Crippen molar-refractivity contribution in [3.05, 3.63) is 89.0 Å². The van der Waals surface area contributed by atoms with E-state index in [0.29, 0.717) is 0 Å². The van der Waals surface area contributed by atoms with Crippen molar-refractivity contribution in [3.63, 3.8) is 0 Å². The molecule has 0 radical (unpaired) electrons. The summed E-state index contributed by atoms with van der Waals surface area (Å²) in [6.45, 7) is -0.281. The number of carbonyl (C=O) groups is 3. The Morgan fingerprint density at radius 2 is 1.63 bits per heavy atom. The lowest BCUT2D eigenvalue weighted by Gasteiger charge is -2.12. The fourth-order valence-corrected chi connectivity index (χ4v) is 3.15. The van der Waals surface area contributed by atoms with Crippen LogP contribution in [0.1, 0.15) is 26.3 Å². The van der Waals surface area contributed by atoms with E-state index in [0.717, 1.165) is 25.3 Å². The highest BCUT2D eigenvalue weighted by Crippen LogP contribution is 2.28. The third-order valence-corrected chi connectivity index (χ3v) is 4.85. The molecular weight excluding hydrogens is 475 g/mol. The highest BCUT2D eigenvalue weighted by atomic mass is 19.4. The molecule has 0 bridgehead atoms. The molecule has 3 aromatic rings. The normalized spacial score (nSPS) is 11.0. The summed E-state index contributed by atoms with van der Waals surface area (Å²) in [7, 11) is 1.09. The smallest absolute Gasteiger partial charge is 0.465 e. The average molecular weight is 492 g/mol. The van der Waals surface area contributed by atoms with Crippen molar-refractivity contribution >= 4 is 23.5 Å². The van der Waals surface area contributed by atoms with Gasteiger partial charge in [-0.05, 0) is 41.5 Å². The Kier molecular flexibility index (Phi) is 7.48. The number of alkyl halides is 3. The fourth-order valence-electron chi connectivity index (χ4n) is 3.15. The van der Waals surface area contributed by atoms with Crippen molar-refractivity contribution in [1.82, 2.24) is 5.32 Å². The van der Waals surface area contributed by atoms with Crippen molar-refractivity contribution in [2.75, 3.05) is 12.4 Å². The van der Waals surface area contributed by atoms with E-state index < -0.39 is 35.6 Å². The van der Waals surface area contributed by atoms with Gasteiger partial charge in [-0.2, -0.15) is 13.2 Å². The predicted molar refractivity (Wildman–Crippen MR) is 115 cm³/mol. The number of hydrogen-bond acceptors (Lipinski definition) is 4. The molecule has 0 aliphatic carbocycles. The number of nitrogens with one attached hydrogen (secondary N) is 2. The number of hydrogen-bond donors (Lipinski definition) is 2. The SMILES string of the molecule is COC(=O)c1c(F)cccc1-c1ccc(CNC(=O)c2cccc(NC(=O)C(F)(F)F)c2)c(F)c1. The molecule has 11 heteroatoms. The van der Waals surface area contributed by atoms with Crippen molar-refractivity contribution < 1.29 is 41.1 Å². The summed E-state index contributed by atoms with van der Waals surface area (Å²) in [4.78, 5) is 35.4. The van der Waals surface area contributed by atoms with Crippen LogP contribution < -0.4 is 10.6 Å². The summed E-state index contributed by atoms with van der Waals surface area (Å²) >= 11 is 0. The van der Waals surface area contributed by atoms with E-state index in [1.807, 2.05) is 0 Å². The zero-order chi connectivity index (χ0) is 25.8. The number of rotatable bonds is 6. The minimum Gasteiger partial charge on any atom is -0.465 e. The molecule has 0 fully saturated rings. The number of benzene rings is 3. The molecule has 2 amide bonds. The topological polar surface area (TPSA) is 84.5 Å². The highest BCUT2D eigenvalue weighted by molar-refractivity contribution is 5.99. The first-order valence-electron chi connectivity index (χ1n) is 9.93. The molecule has 0 aliphatic heterocycles. The molecule has 0 heterocycles. The van der Waals surface area contributed by atoms with Gasteiger partial charge in [0, 0.05) is 23.4 Å². The standard InChI is InChI=1S/C24H17F5N2O4/c1-35-22(33)20-17(6-3-7-18(20)25)13-8-9-15(19(26)11-13)12-30-21(32)14-4-2-5-16(10-14)31-23(34)24(27,28)29/h2-11H,12H2,1H3,(H,30,32)(H,31,34). The first-order chi connectivity index (χ1) is 16.5. The monoisotopic (exact) mass is 492 g/mol. The number of anilines is 1. The third-order valence-electron chi connectivity index (χ3n) is 4.85. The molecule has 182 valence electrons. The molecular formula is C24H17F5N2O4. The van der Waals surface area contributed by atoms with Crippen molar-refractivity contribution in [2.45, 2.75) is 12.7 Å².